The topological polar surface area (TPSA) is 134 Å². The minimum Gasteiger partial charge on any atom is -0.491 e. The minimum atomic E-state index is 0.0142. The van der Waals surface area contributed by atoms with Crippen molar-refractivity contribution < 1.29 is 14.3 Å². The first-order valence-electron chi connectivity index (χ1n) is 11.6. The van der Waals surface area contributed by atoms with Gasteiger partial charge in [0, 0.05) is 52.0 Å². The second-order valence-corrected chi connectivity index (χ2v) is 8.32. The van der Waals surface area contributed by atoms with Crippen LogP contribution < -0.4 is 20.3 Å². The molecule has 0 radical (unpaired) electrons. The van der Waals surface area contributed by atoms with Crippen LogP contribution in [0.2, 0.25) is 0 Å². The lowest BCUT2D eigenvalue weighted by Gasteiger charge is -2.36. The minimum absolute atomic E-state index is 0.0142. The smallest absolute Gasteiger partial charge is 0.259 e. The largest absolute Gasteiger partial charge is 0.491 e. The number of fused-ring (bicyclic) bond motifs is 1. The van der Waals surface area contributed by atoms with Crippen LogP contribution in [0.25, 0.3) is 17.4 Å². The quantitative estimate of drug-likeness (QED) is 0.356. The van der Waals surface area contributed by atoms with E-state index in [9.17, 15) is 0 Å². The van der Waals surface area contributed by atoms with Gasteiger partial charge in [-0.25, -0.2) is 0 Å². The van der Waals surface area contributed by atoms with Crippen LogP contribution in [-0.2, 0) is 0 Å². The van der Waals surface area contributed by atoms with Crippen molar-refractivity contribution in [3.63, 3.8) is 0 Å². The number of rotatable bonds is 9. The van der Waals surface area contributed by atoms with E-state index in [1.54, 1.807) is 18.4 Å². The van der Waals surface area contributed by atoms with Crippen LogP contribution in [0.5, 0.6) is 5.75 Å². The van der Waals surface area contributed by atoms with Crippen molar-refractivity contribution in [1.82, 2.24) is 29.5 Å². The highest BCUT2D eigenvalue weighted by molar-refractivity contribution is 5.53. The zero-order valence-corrected chi connectivity index (χ0v) is 19.6. The number of piperazine rings is 1. The Morgan fingerprint density at radius 1 is 1.09 bits per heavy atom. The Labute approximate surface area is 202 Å². The van der Waals surface area contributed by atoms with Gasteiger partial charge in [-0.2, -0.15) is 19.5 Å². The molecule has 0 saturated carbocycles. The molecule has 0 unspecified atom stereocenters. The van der Waals surface area contributed by atoms with E-state index in [1.807, 2.05) is 24.1 Å². The monoisotopic (exact) mass is 479 g/mol. The molecule has 4 heterocycles. The number of nitrogens with two attached hydrogens (primary N) is 1. The number of benzene rings is 1. The van der Waals surface area contributed by atoms with Gasteiger partial charge >= 0.3 is 0 Å². The molecule has 0 bridgehead atoms. The van der Waals surface area contributed by atoms with Crippen LogP contribution >= 0.6 is 0 Å². The summed E-state index contributed by atoms with van der Waals surface area (Å²) in [6, 6.07) is 11.6. The van der Waals surface area contributed by atoms with Crippen LogP contribution in [0.3, 0.4) is 0 Å². The SMILES string of the molecule is CN(CCN1CCN(c2ccc(OCCO)cc2)CC1)c1nc(N)n2nc(-c3ccco3)nc2n1. The fourth-order valence-electron chi connectivity index (χ4n) is 4.01. The summed E-state index contributed by atoms with van der Waals surface area (Å²) in [5.74, 6) is 2.86. The van der Waals surface area contributed by atoms with Crippen molar-refractivity contribution in [3.8, 4) is 17.3 Å². The van der Waals surface area contributed by atoms with Crippen molar-refractivity contribution in [2.75, 3.05) is 75.1 Å². The number of ether oxygens (including phenoxy) is 1. The second kappa shape index (κ2) is 10.2. The number of aliphatic hydroxyl groups excluding tert-OH is 1. The summed E-state index contributed by atoms with van der Waals surface area (Å²) in [5.41, 5.74) is 7.30. The van der Waals surface area contributed by atoms with Crippen LogP contribution in [0.1, 0.15) is 0 Å². The summed E-state index contributed by atoms with van der Waals surface area (Å²) in [6.07, 6.45) is 1.57. The predicted octanol–water partition coefficient (Wildman–Crippen LogP) is 0.991. The molecule has 0 atom stereocenters. The number of nitrogens with zero attached hydrogens (tertiary/aromatic N) is 8. The number of hydrogen-bond donors (Lipinski definition) is 2. The Hall–Kier alpha value is -3.90. The molecule has 12 heteroatoms. The lowest BCUT2D eigenvalue weighted by Crippen LogP contribution is -2.48. The lowest BCUT2D eigenvalue weighted by atomic mass is 10.2. The standard InChI is InChI=1S/C23H29N9O3/c1-29(22-26-21(24)32-23(27-22)25-20(28-32)19-3-2-15-35-19)8-9-30-10-12-31(13-11-30)17-4-6-18(7-5-17)34-16-14-33/h2-7,15,33H,8-14,16H2,1H3,(H2,24,25,26,27,28). The molecule has 4 aromatic rings. The number of furan rings is 1. The summed E-state index contributed by atoms with van der Waals surface area (Å²) in [4.78, 5) is 20.2. The number of aliphatic hydroxyl groups is 1. The fraction of sp³-hybridized carbons (Fsp3) is 0.391. The Kier molecular flexibility index (Phi) is 6.64. The van der Waals surface area contributed by atoms with Crippen molar-refractivity contribution in [1.29, 1.82) is 0 Å². The molecule has 1 aliphatic rings. The van der Waals surface area contributed by atoms with Gasteiger partial charge in [-0.1, -0.05) is 0 Å². The highest BCUT2D eigenvalue weighted by atomic mass is 16.5. The first-order valence-corrected chi connectivity index (χ1v) is 11.6. The summed E-state index contributed by atoms with van der Waals surface area (Å²) < 4.78 is 12.2. The van der Waals surface area contributed by atoms with E-state index in [-0.39, 0.29) is 12.6 Å². The van der Waals surface area contributed by atoms with Crippen LogP contribution in [0.4, 0.5) is 17.6 Å². The Morgan fingerprint density at radius 3 is 2.60 bits per heavy atom. The van der Waals surface area contributed by atoms with Gasteiger partial charge < -0.3 is 29.8 Å². The first kappa shape index (κ1) is 22.9. The maximum atomic E-state index is 8.88. The molecule has 5 rings (SSSR count). The summed E-state index contributed by atoms with van der Waals surface area (Å²) in [7, 11) is 1.95. The van der Waals surface area contributed by atoms with Crippen LogP contribution in [-0.4, -0.2) is 94.1 Å². The van der Waals surface area contributed by atoms with Gasteiger partial charge in [0.25, 0.3) is 5.78 Å². The molecule has 3 aromatic heterocycles. The van der Waals surface area contributed by atoms with Crippen molar-refractivity contribution >= 4 is 23.4 Å². The lowest BCUT2D eigenvalue weighted by molar-refractivity contribution is 0.201. The third-order valence-electron chi connectivity index (χ3n) is 5.99. The Bertz CT molecular complexity index is 1240. The van der Waals surface area contributed by atoms with Crippen molar-refractivity contribution in [2.24, 2.45) is 0 Å². The van der Waals surface area contributed by atoms with Gasteiger partial charge in [0.1, 0.15) is 12.4 Å². The molecule has 0 spiro atoms. The zero-order chi connectivity index (χ0) is 24.2. The van der Waals surface area contributed by atoms with Gasteiger partial charge in [0.05, 0.1) is 12.9 Å². The molecule has 35 heavy (non-hydrogen) atoms. The zero-order valence-electron chi connectivity index (χ0n) is 19.6. The number of anilines is 3. The normalized spacial score (nSPS) is 14.5. The van der Waals surface area contributed by atoms with Gasteiger partial charge in [-0.3, -0.25) is 4.90 Å². The van der Waals surface area contributed by atoms with E-state index in [2.05, 4.69) is 42.0 Å². The molecule has 184 valence electrons. The highest BCUT2D eigenvalue weighted by Gasteiger charge is 2.19. The average molecular weight is 480 g/mol. The maximum Gasteiger partial charge on any atom is 0.259 e. The number of likely N-dealkylation sites (N-methyl/N-ethyl adjacent to an activating group) is 1. The molecule has 12 nitrogen and oxygen atoms in total. The van der Waals surface area contributed by atoms with Crippen molar-refractivity contribution in [3.05, 3.63) is 42.7 Å². The summed E-state index contributed by atoms with van der Waals surface area (Å²) >= 11 is 0. The highest BCUT2D eigenvalue weighted by Crippen LogP contribution is 2.21. The van der Waals surface area contributed by atoms with E-state index >= 15 is 0 Å². The third kappa shape index (κ3) is 5.12. The van der Waals surface area contributed by atoms with E-state index in [4.69, 9.17) is 20.0 Å². The van der Waals surface area contributed by atoms with E-state index < -0.39 is 0 Å². The molecule has 1 saturated heterocycles. The Balaban J connectivity index is 1.15. The van der Waals surface area contributed by atoms with Crippen molar-refractivity contribution in [2.45, 2.75) is 0 Å². The van der Waals surface area contributed by atoms with Crippen LogP contribution in [0, 0.1) is 0 Å². The molecular weight excluding hydrogens is 450 g/mol. The number of nitrogen functional groups attached to an aromatic ring is 1. The average Bonchev–Trinajstić information content (AvgIpc) is 3.57. The molecule has 1 aromatic carbocycles. The van der Waals surface area contributed by atoms with Crippen LogP contribution in [0.15, 0.2) is 47.1 Å². The predicted molar refractivity (Wildman–Crippen MR) is 132 cm³/mol. The molecule has 0 amide bonds. The molecule has 3 N–H and O–H groups in total. The van der Waals surface area contributed by atoms with Gasteiger partial charge in [-0.15, -0.1) is 5.10 Å². The third-order valence-corrected chi connectivity index (χ3v) is 5.99. The van der Waals surface area contributed by atoms with Gasteiger partial charge in [0.15, 0.2) is 5.76 Å². The Morgan fingerprint density at radius 2 is 1.89 bits per heavy atom. The van der Waals surface area contributed by atoms with E-state index in [0.717, 1.165) is 45.0 Å². The fourth-order valence-corrected chi connectivity index (χ4v) is 4.01. The molecular formula is C23H29N9O3. The van der Waals surface area contributed by atoms with Gasteiger partial charge in [0.2, 0.25) is 17.7 Å². The van der Waals surface area contributed by atoms with Gasteiger partial charge in [-0.05, 0) is 36.4 Å². The maximum absolute atomic E-state index is 8.88. The first-order chi connectivity index (χ1) is 17.1. The molecule has 1 fully saturated rings. The second-order valence-electron chi connectivity index (χ2n) is 8.32. The molecule has 0 aliphatic carbocycles. The summed E-state index contributed by atoms with van der Waals surface area (Å²) in [6.45, 7) is 5.80. The van der Waals surface area contributed by atoms with E-state index in [0.29, 0.717) is 29.9 Å². The summed E-state index contributed by atoms with van der Waals surface area (Å²) in [5, 5.41) is 13.2. The molecule has 1 aliphatic heterocycles. The number of aromatic nitrogens is 5. The number of hydrogen-bond acceptors (Lipinski definition) is 11. The van der Waals surface area contributed by atoms with E-state index in [1.165, 1.54) is 10.2 Å².